The Hall–Kier alpha value is -1.44. The van der Waals surface area contributed by atoms with Crippen LogP contribution < -0.4 is 0 Å². The molecule has 0 atom stereocenters. The Morgan fingerprint density at radius 1 is 1.12 bits per heavy atom. The molecule has 2 nitrogen and oxygen atoms in total. The summed E-state index contributed by atoms with van der Waals surface area (Å²) in [4.78, 5) is 2.07. The minimum absolute atomic E-state index is 0.237. The smallest absolute Gasteiger partial charge is 0.116 e. The van der Waals surface area contributed by atoms with Crippen molar-refractivity contribution in [1.82, 2.24) is 0 Å². The fourth-order valence-electron chi connectivity index (χ4n) is 1.30. The quantitative estimate of drug-likeness (QED) is 0.905. The predicted molar refractivity (Wildman–Crippen MR) is 71.1 cm³/mol. The number of benzene rings is 2. The molecule has 2 rings (SSSR count). The molecule has 0 aliphatic carbocycles. The van der Waals surface area contributed by atoms with E-state index in [9.17, 15) is 5.11 Å². The van der Waals surface area contributed by atoms with Crippen molar-refractivity contribution in [1.29, 1.82) is 5.26 Å². The van der Waals surface area contributed by atoms with Crippen molar-refractivity contribution in [2.24, 2.45) is 0 Å². The largest absolute Gasteiger partial charge is 0.508 e. The number of halogens is 1. The van der Waals surface area contributed by atoms with Gasteiger partial charge in [0.25, 0.3) is 0 Å². The van der Waals surface area contributed by atoms with Gasteiger partial charge in [-0.3, -0.25) is 0 Å². The molecule has 4 heteroatoms. The van der Waals surface area contributed by atoms with Gasteiger partial charge in [-0.1, -0.05) is 11.8 Å². The van der Waals surface area contributed by atoms with E-state index in [4.69, 9.17) is 5.26 Å². The summed E-state index contributed by atoms with van der Waals surface area (Å²) >= 11 is 4.97. The Bertz CT molecular complexity index is 575. The molecule has 0 aliphatic rings. The van der Waals surface area contributed by atoms with Gasteiger partial charge in [0.15, 0.2) is 0 Å². The van der Waals surface area contributed by atoms with Crippen LogP contribution in [0.4, 0.5) is 0 Å². The maximum absolute atomic E-state index is 9.30. The molecule has 0 saturated carbocycles. The zero-order chi connectivity index (χ0) is 12.3. The van der Waals surface area contributed by atoms with E-state index in [0.29, 0.717) is 5.56 Å². The number of rotatable bonds is 2. The van der Waals surface area contributed by atoms with Crippen molar-refractivity contribution in [2.75, 3.05) is 0 Å². The lowest BCUT2D eigenvalue weighted by molar-refractivity contribution is 0.474. The second-order valence-corrected chi connectivity index (χ2v) is 5.32. The van der Waals surface area contributed by atoms with E-state index in [2.05, 4.69) is 22.0 Å². The van der Waals surface area contributed by atoms with Gasteiger partial charge in [0, 0.05) is 14.3 Å². The highest BCUT2D eigenvalue weighted by Gasteiger charge is 2.03. The highest BCUT2D eigenvalue weighted by atomic mass is 79.9. The minimum atomic E-state index is 0.237. The van der Waals surface area contributed by atoms with E-state index >= 15 is 0 Å². The van der Waals surface area contributed by atoms with Crippen LogP contribution in [0.15, 0.2) is 56.7 Å². The first-order chi connectivity index (χ1) is 8.19. The Labute approximate surface area is 112 Å². The normalized spacial score (nSPS) is 9.88. The van der Waals surface area contributed by atoms with Gasteiger partial charge in [0.1, 0.15) is 5.75 Å². The molecular weight excluding hydrogens is 298 g/mol. The van der Waals surface area contributed by atoms with Crippen LogP contribution in [0.3, 0.4) is 0 Å². The first-order valence-corrected chi connectivity index (χ1v) is 6.46. The highest BCUT2D eigenvalue weighted by Crippen LogP contribution is 2.35. The number of phenolic OH excluding ortho intramolecular Hbond substituents is 1. The zero-order valence-electron chi connectivity index (χ0n) is 8.72. The van der Waals surface area contributed by atoms with Crippen molar-refractivity contribution in [3.8, 4) is 11.8 Å². The van der Waals surface area contributed by atoms with E-state index in [1.165, 1.54) is 0 Å². The van der Waals surface area contributed by atoms with E-state index in [1.54, 1.807) is 36.0 Å². The van der Waals surface area contributed by atoms with E-state index < -0.39 is 0 Å². The first kappa shape index (κ1) is 12.0. The summed E-state index contributed by atoms with van der Waals surface area (Å²) in [6.07, 6.45) is 0. The molecule has 1 N–H and O–H groups in total. The Morgan fingerprint density at radius 2 is 1.82 bits per heavy atom. The minimum Gasteiger partial charge on any atom is -0.508 e. The molecule has 0 aromatic heterocycles. The average molecular weight is 306 g/mol. The van der Waals surface area contributed by atoms with Gasteiger partial charge < -0.3 is 5.11 Å². The van der Waals surface area contributed by atoms with E-state index in [-0.39, 0.29) is 5.75 Å². The second kappa shape index (κ2) is 5.26. The molecule has 2 aromatic carbocycles. The van der Waals surface area contributed by atoms with Crippen LogP contribution in [0.2, 0.25) is 0 Å². The van der Waals surface area contributed by atoms with E-state index in [0.717, 1.165) is 14.3 Å². The summed E-state index contributed by atoms with van der Waals surface area (Å²) < 4.78 is 0.854. The molecule has 0 saturated heterocycles. The molecule has 0 aliphatic heterocycles. The molecule has 0 bridgehead atoms. The third-order valence-corrected chi connectivity index (χ3v) is 4.13. The van der Waals surface area contributed by atoms with Crippen molar-refractivity contribution in [2.45, 2.75) is 9.79 Å². The van der Waals surface area contributed by atoms with Gasteiger partial charge in [0.2, 0.25) is 0 Å². The Balaban J connectivity index is 2.23. The second-order valence-electron chi connectivity index (χ2n) is 3.35. The summed E-state index contributed by atoms with van der Waals surface area (Å²) in [6.45, 7) is 0. The lowest BCUT2D eigenvalue weighted by Crippen LogP contribution is -1.77. The summed E-state index contributed by atoms with van der Waals surface area (Å²) in [5.41, 5.74) is 0.652. The molecule has 17 heavy (non-hydrogen) atoms. The summed E-state index contributed by atoms with van der Waals surface area (Å²) in [5, 5.41) is 18.0. The van der Waals surface area contributed by atoms with Crippen LogP contribution in [0.25, 0.3) is 0 Å². The van der Waals surface area contributed by atoms with Crippen molar-refractivity contribution in [3.63, 3.8) is 0 Å². The van der Waals surface area contributed by atoms with E-state index in [1.807, 2.05) is 18.2 Å². The first-order valence-electron chi connectivity index (χ1n) is 4.85. The van der Waals surface area contributed by atoms with Crippen molar-refractivity contribution >= 4 is 27.7 Å². The molecule has 0 fully saturated rings. The van der Waals surface area contributed by atoms with Crippen LogP contribution in [0, 0.1) is 11.3 Å². The third kappa shape index (κ3) is 3.02. The van der Waals surface area contributed by atoms with Gasteiger partial charge in [-0.05, 0) is 58.4 Å². The van der Waals surface area contributed by atoms with Crippen molar-refractivity contribution in [3.05, 3.63) is 52.5 Å². The maximum atomic E-state index is 9.30. The zero-order valence-corrected chi connectivity index (χ0v) is 11.1. The molecule has 2 aromatic rings. The Kier molecular flexibility index (Phi) is 3.72. The van der Waals surface area contributed by atoms with Gasteiger partial charge in [-0.25, -0.2) is 0 Å². The van der Waals surface area contributed by atoms with Crippen LogP contribution in [0.1, 0.15) is 5.56 Å². The Morgan fingerprint density at radius 3 is 2.41 bits per heavy atom. The molecule has 84 valence electrons. The standard InChI is InChI=1S/C13H8BrNOS/c14-12-7-10(16)3-6-13(12)17-11-4-1-9(8-15)2-5-11/h1-7,16H. The maximum Gasteiger partial charge on any atom is 0.116 e. The molecular formula is C13H8BrNOS. The van der Waals surface area contributed by atoms with Crippen LogP contribution in [0.5, 0.6) is 5.75 Å². The molecule has 0 amide bonds. The van der Waals surface area contributed by atoms with Crippen LogP contribution in [-0.2, 0) is 0 Å². The SMILES string of the molecule is N#Cc1ccc(Sc2ccc(O)cc2Br)cc1. The number of nitrogens with zero attached hydrogens (tertiary/aromatic N) is 1. The number of phenols is 1. The van der Waals surface area contributed by atoms with Gasteiger partial charge in [0.05, 0.1) is 11.6 Å². The monoisotopic (exact) mass is 305 g/mol. The predicted octanol–water partition coefficient (Wildman–Crippen LogP) is 4.18. The molecule has 0 unspecified atom stereocenters. The van der Waals surface area contributed by atoms with Gasteiger partial charge in [-0.15, -0.1) is 0 Å². The van der Waals surface area contributed by atoms with Gasteiger partial charge in [-0.2, -0.15) is 5.26 Å². The third-order valence-electron chi connectivity index (χ3n) is 2.13. The summed E-state index contributed by atoms with van der Waals surface area (Å²) in [6, 6.07) is 14.6. The fourth-order valence-corrected chi connectivity index (χ4v) is 2.73. The number of nitriles is 1. The average Bonchev–Trinajstić information content (AvgIpc) is 2.34. The number of hydrogen-bond donors (Lipinski definition) is 1. The van der Waals surface area contributed by atoms with Crippen LogP contribution in [-0.4, -0.2) is 5.11 Å². The highest BCUT2D eigenvalue weighted by molar-refractivity contribution is 9.10. The summed E-state index contributed by atoms with van der Waals surface area (Å²) in [7, 11) is 0. The number of hydrogen-bond acceptors (Lipinski definition) is 3. The molecule has 0 heterocycles. The lowest BCUT2D eigenvalue weighted by Gasteiger charge is -2.04. The van der Waals surface area contributed by atoms with Crippen molar-refractivity contribution < 1.29 is 5.11 Å². The lowest BCUT2D eigenvalue weighted by atomic mass is 10.2. The molecule has 0 spiro atoms. The molecule has 0 radical (unpaired) electrons. The number of aromatic hydroxyl groups is 1. The fraction of sp³-hybridized carbons (Fsp3) is 0. The van der Waals surface area contributed by atoms with Gasteiger partial charge >= 0.3 is 0 Å². The summed E-state index contributed by atoms with van der Waals surface area (Å²) in [5.74, 6) is 0.237. The topological polar surface area (TPSA) is 44.0 Å². The van der Waals surface area contributed by atoms with Crippen LogP contribution >= 0.6 is 27.7 Å².